The Bertz CT molecular complexity index is 834. The third-order valence-corrected chi connectivity index (χ3v) is 4.49. The number of hydrogen-bond acceptors (Lipinski definition) is 4. The largest absolute Gasteiger partial charge is 0.507 e. The fourth-order valence-electron chi connectivity index (χ4n) is 2.45. The maximum absolute atomic E-state index is 10.0. The molecule has 2 N–H and O–H groups in total. The molecule has 0 radical (unpaired) electrons. The lowest BCUT2D eigenvalue weighted by atomic mass is 10.1. The molecule has 0 aliphatic carbocycles. The van der Waals surface area contributed by atoms with E-state index in [4.69, 9.17) is 8.85 Å². The van der Waals surface area contributed by atoms with Crippen molar-refractivity contribution in [3.8, 4) is 11.5 Å². The van der Waals surface area contributed by atoms with Gasteiger partial charge in [0, 0.05) is 26.2 Å². The van der Waals surface area contributed by atoms with Crippen molar-refractivity contribution in [3.63, 3.8) is 0 Å². The third kappa shape index (κ3) is 3.08. The molecular formula is C18H19NO2S. The van der Waals surface area contributed by atoms with Gasteiger partial charge in [-0.05, 0) is 37.1 Å². The topological polar surface area (TPSA) is 41.5 Å². The van der Waals surface area contributed by atoms with E-state index in [0.29, 0.717) is 18.7 Å². The lowest BCUT2D eigenvalue weighted by molar-refractivity contribution is 0.201. The van der Waals surface area contributed by atoms with E-state index in [-0.39, 0.29) is 11.9 Å². The van der Waals surface area contributed by atoms with Crippen LogP contribution in [0.3, 0.4) is 0 Å². The van der Waals surface area contributed by atoms with Crippen molar-refractivity contribution < 1.29 is 14.0 Å². The normalized spacial score (nSPS) is 15.0. The van der Waals surface area contributed by atoms with Crippen molar-refractivity contribution in [3.05, 3.63) is 58.8 Å². The molecule has 1 aromatic heterocycles. The Labute approximate surface area is 138 Å². The Hall–Kier alpha value is -2.04. The summed E-state index contributed by atoms with van der Waals surface area (Å²) in [6.07, 6.45) is 0.261. The van der Waals surface area contributed by atoms with Crippen molar-refractivity contribution in [2.24, 2.45) is 0 Å². The van der Waals surface area contributed by atoms with Gasteiger partial charge in [0.1, 0.15) is 17.6 Å². The van der Waals surface area contributed by atoms with Crippen LogP contribution < -0.4 is 10.1 Å². The van der Waals surface area contributed by atoms with Crippen LogP contribution >= 0.6 is 11.3 Å². The first-order chi connectivity index (χ1) is 11.9. The van der Waals surface area contributed by atoms with Gasteiger partial charge >= 0.3 is 0 Å². The predicted octanol–water partition coefficient (Wildman–Crippen LogP) is 4.34. The van der Waals surface area contributed by atoms with E-state index >= 15 is 0 Å². The molecule has 0 amide bonds. The summed E-state index contributed by atoms with van der Waals surface area (Å²) in [7, 11) is 0. The van der Waals surface area contributed by atoms with Crippen LogP contribution in [-0.2, 0) is 0 Å². The smallest absolute Gasteiger partial charge is 0.134 e. The van der Waals surface area contributed by atoms with E-state index in [1.165, 1.54) is 0 Å². The second-order valence-corrected chi connectivity index (χ2v) is 5.95. The van der Waals surface area contributed by atoms with Crippen molar-refractivity contribution >= 4 is 22.1 Å². The summed E-state index contributed by atoms with van der Waals surface area (Å²) in [6, 6.07) is 14.8. The summed E-state index contributed by atoms with van der Waals surface area (Å²) in [5.41, 5.74) is 0. The Morgan fingerprint density at radius 1 is 1.18 bits per heavy atom. The number of ether oxygens (including phenoxy) is 1. The zero-order valence-electron chi connectivity index (χ0n) is 15.0. The van der Waals surface area contributed by atoms with E-state index in [1.807, 2.05) is 41.8 Å². The van der Waals surface area contributed by atoms with Gasteiger partial charge in [-0.15, -0.1) is 11.3 Å². The zero-order chi connectivity index (χ0) is 17.9. The quantitative estimate of drug-likeness (QED) is 0.711. The van der Waals surface area contributed by atoms with Crippen LogP contribution in [0.4, 0.5) is 0 Å². The summed E-state index contributed by atoms with van der Waals surface area (Å²) < 4.78 is 28.0. The molecule has 114 valence electrons. The highest BCUT2D eigenvalue weighted by Gasteiger charge is 2.16. The molecule has 0 fully saturated rings. The first-order valence-electron chi connectivity index (χ1n) is 8.60. The van der Waals surface area contributed by atoms with Crippen LogP contribution in [0.25, 0.3) is 10.8 Å². The molecule has 1 unspecified atom stereocenters. The molecule has 0 spiro atoms. The second kappa shape index (κ2) is 6.81. The minimum absolute atomic E-state index is 0.208. The first-order valence-corrected chi connectivity index (χ1v) is 7.98. The Morgan fingerprint density at radius 2 is 2.05 bits per heavy atom. The number of nitrogens with one attached hydrogen (secondary N) is 1. The average Bonchev–Trinajstić information content (AvgIpc) is 3.10. The van der Waals surface area contributed by atoms with Gasteiger partial charge < -0.3 is 15.2 Å². The van der Waals surface area contributed by atoms with Gasteiger partial charge in [0.15, 0.2) is 0 Å². The van der Waals surface area contributed by atoms with Gasteiger partial charge in [-0.3, -0.25) is 0 Å². The molecule has 3 rings (SSSR count). The first kappa shape index (κ1) is 11.5. The van der Waals surface area contributed by atoms with Gasteiger partial charge in [-0.1, -0.05) is 30.3 Å². The summed E-state index contributed by atoms with van der Waals surface area (Å²) in [5, 5.41) is 16.1. The van der Waals surface area contributed by atoms with E-state index in [2.05, 4.69) is 5.32 Å². The third-order valence-electron chi connectivity index (χ3n) is 3.52. The van der Waals surface area contributed by atoms with Gasteiger partial charge in [0.2, 0.25) is 0 Å². The number of phenols is 1. The number of fused-ring (bicyclic) bond motifs is 1. The minimum atomic E-state index is -2.16. The number of benzene rings is 2. The van der Waals surface area contributed by atoms with Crippen LogP contribution in [-0.4, -0.2) is 18.6 Å². The molecule has 0 saturated carbocycles. The number of thiophene rings is 1. The summed E-state index contributed by atoms with van der Waals surface area (Å²) >= 11 is 1.57. The fourth-order valence-corrected chi connectivity index (χ4v) is 3.24. The van der Waals surface area contributed by atoms with E-state index in [1.54, 1.807) is 23.5 Å². The van der Waals surface area contributed by atoms with E-state index in [0.717, 1.165) is 15.6 Å². The number of aromatic hydroxyl groups is 1. The molecule has 1 heterocycles. The minimum Gasteiger partial charge on any atom is -0.507 e. The number of hydrogen-bond donors (Lipinski definition) is 2. The van der Waals surface area contributed by atoms with Crippen molar-refractivity contribution in [1.82, 2.24) is 5.32 Å². The highest BCUT2D eigenvalue weighted by molar-refractivity contribution is 7.10. The lowest BCUT2D eigenvalue weighted by Crippen LogP contribution is -2.15. The van der Waals surface area contributed by atoms with Crippen molar-refractivity contribution in [2.45, 2.75) is 12.5 Å². The Balaban J connectivity index is 1.84. The van der Waals surface area contributed by atoms with Crippen LogP contribution in [0.5, 0.6) is 11.5 Å². The van der Waals surface area contributed by atoms with Crippen LogP contribution in [0.1, 0.15) is 21.5 Å². The monoisotopic (exact) mass is 316 g/mol. The molecule has 1 atom stereocenters. The highest BCUT2D eigenvalue weighted by Crippen LogP contribution is 2.36. The summed E-state index contributed by atoms with van der Waals surface area (Å²) in [4.78, 5) is 1.03. The lowest BCUT2D eigenvalue weighted by Gasteiger charge is -2.19. The number of phenolic OH excluding ortho intramolecular Hbond substituents is 1. The SMILES string of the molecule is [2H]C([2H])([2H])NCCC(Oc1ccc(O)c2ccccc12)c1cccs1. The molecule has 4 heteroatoms. The fraction of sp³-hybridized carbons (Fsp3) is 0.222. The van der Waals surface area contributed by atoms with Crippen LogP contribution in [0, 0.1) is 0 Å². The molecule has 3 aromatic rings. The number of rotatable bonds is 6. The summed E-state index contributed by atoms with van der Waals surface area (Å²) in [5.74, 6) is 0.875. The van der Waals surface area contributed by atoms with Crippen LogP contribution in [0.15, 0.2) is 53.9 Å². The van der Waals surface area contributed by atoms with Gasteiger partial charge in [-0.2, -0.15) is 0 Å². The maximum Gasteiger partial charge on any atom is 0.134 e. The predicted molar refractivity (Wildman–Crippen MR) is 91.8 cm³/mol. The molecule has 0 saturated heterocycles. The molecule has 22 heavy (non-hydrogen) atoms. The van der Waals surface area contributed by atoms with Crippen LogP contribution in [0.2, 0.25) is 0 Å². The molecular weight excluding hydrogens is 294 g/mol. The Kier molecular flexibility index (Phi) is 3.57. The van der Waals surface area contributed by atoms with Crippen molar-refractivity contribution in [2.75, 3.05) is 13.5 Å². The van der Waals surface area contributed by atoms with Crippen molar-refractivity contribution in [1.29, 1.82) is 0 Å². The maximum atomic E-state index is 10.0. The summed E-state index contributed by atoms with van der Waals surface area (Å²) in [6.45, 7) is -1.85. The molecule has 3 nitrogen and oxygen atoms in total. The van der Waals surface area contributed by atoms with Gasteiger partial charge in [0.05, 0.1) is 0 Å². The molecule has 0 aliphatic rings. The van der Waals surface area contributed by atoms with Gasteiger partial charge in [-0.25, -0.2) is 0 Å². The standard InChI is InChI=1S/C18H19NO2S/c1-19-11-10-17(18-7-4-12-22-18)21-16-9-8-15(20)13-5-2-3-6-14(13)16/h2-9,12,17,19-20H,10-11H2,1H3/i1D3. The van der Waals surface area contributed by atoms with E-state index in [9.17, 15) is 5.11 Å². The molecule has 0 bridgehead atoms. The van der Waals surface area contributed by atoms with E-state index < -0.39 is 6.98 Å². The molecule has 0 aliphatic heterocycles. The highest BCUT2D eigenvalue weighted by atomic mass is 32.1. The molecule has 2 aromatic carbocycles. The zero-order valence-corrected chi connectivity index (χ0v) is 12.8. The Morgan fingerprint density at radius 3 is 2.82 bits per heavy atom. The average molecular weight is 316 g/mol. The second-order valence-electron chi connectivity index (χ2n) is 4.97. The van der Waals surface area contributed by atoms with Gasteiger partial charge in [0.25, 0.3) is 0 Å².